The van der Waals surface area contributed by atoms with E-state index in [0.717, 1.165) is 18.5 Å². The van der Waals surface area contributed by atoms with Crippen LogP contribution in [0.2, 0.25) is 0 Å². The van der Waals surface area contributed by atoms with E-state index in [1.807, 2.05) is 13.8 Å². The Bertz CT molecular complexity index is 1120. The van der Waals surface area contributed by atoms with E-state index in [1.165, 1.54) is 19.6 Å². The molecule has 11 nitrogen and oxygen atoms in total. The second-order valence-electron chi connectivity index (χ2n) is 8.03. The van der Waals surface area contributed by atoms with Crippen molar-refractivity contribution in [3.8, 4) is 0 Å². The van der Waals surface area contributed by atoms with Gasteiger partial charge in [0.15, 0.2) is 11.5 Å². The maximum absolute atomic E-state index is 13.3. The molecular weight excluding hydrogens is 410 g/mol. The summed E-state index contributed by atoms with van der Waals surface area (Å²) < 4.78 is 1.59. The molecule has 0 radical (unpaired) electrons. The predicted molar refractivity (Wildman–Crippen MR) is 118 cm³/mol. The number of hydrogen-bond acceptors (Lipinski definition) is 8. The molecule has 1 fully saturated rings. The Morgan fingerprint density at radius 3 is 2.53 bits per heavy atom. The zero-order chi connectivity index (χ0) is 22.7. The molecule has 0 bridgehead atoms. The summed E-state index contributed by atoms with van der Waals surface area (Å²) in [5, 5.41) is 12.7. The smallest absolute Gasteiger partial charge is 0.278 e. The van der Waals surface area contributed by atoms with Gasteiger partial charge in [0, 0.05) is 19.5 Å². The lowest BCUT2D eigenvalue weighted by Gasteiger charge is -2.13. The summed E-state index contributed by atoms with van der Waals surface area (Å²) in [6, 6.07) is 0. The zero-order valence-corrected chi connectivity index (χ0v) is 18.2. The summed E-state index contributed by atoms with van der Waals surface area (Å²) in [5.41, 5.74) is 2.06. The van der Waals surface area contributed by atoms with Gasteiger partial charge >= 0.3 is 0 Å². The standard InChI is InChI=1S/C21H25N9O2/c1-12(2)10-30-18(21(32)22-3)16(9-26-30)29-20(31)17-19(27-14-6-23-11-24-7-14)25-8-15(28-17)13-4-5-13/h6-9,11-13H,4-5,10H2,1-3H3,(H,22,32)(H,25,27)(H,29,31). The van der Waals surface area contributed by atoms with E-state index in [1.54, 1.807) is 23.3 Å². The van der Waals surface area contributed by atoms with Crippen molar-refractivity contribution in [2.75, 3.05) is 17.7 Å². The second kappa shape index (κ2) is 9.08. The van der Waals surface area contributed by atoms with E-state index in [4.69, 9.17) is 0 Å². The fourth-order valence-electron chi connectivity index (χ4n) is 3.23. The van der Waals surface area contributed by atoms with E-state index in [-0.39, 0.29) is 29.0 Å². The second-order valence-corrected chi connectivity index (χ2v) is 8.03. The summed E-state index contributed by atoms with van der Waals surface area (Å²) in [6.07, 6.45) is 9.76. The highest BCUT2D eigenvalue weighted by atomic mass is 16.2. The Morgan fingerprint density at radius 2 is 1.88 bits per heavy atom. The van der Waals surface area contributed by atoms with Crippen molar-refractivity contribution in [3.63, 3.8) is 0 Å². The summed E-state index contributed by atoms with van der Waals surface area (Å²) in [5.74, 6) is 0.0348. The Balaban J connectivity index is 1.66. The molecule has 3 N–H and O–H groups in total. The molecule has 0 aliphatic heterocycles. The van der Waals surface area contributed by atoms with Crippen molar-refractivity contribution in [2.24, 2.45) is 5.92 Å². The normalized spacial score (nSPS) is 13.1. The van der Waals surface area contributed by atoms with Gasteiger partial charge in [0.2, 0.25) is 0 Å². The van der Waals surface area contributed by atoms with E-state index >= 15 is 0 Å². The molecule has 0 aromatic carbocycles. The van der Waals surface area contributed by atoms with E-state index < -0.39 is 5.91 Å². The highest BCUT2D eigenvalue weighted by Gasteiger charge is 2.28. The third-order valence-electron chi connectivity index (χ3n) is 4.89. The Labute approximate surface area is 185 Å². The molecule has 0 unspecified atom stereocenters. The number of carbonyl (C=O) groups excluding carboxylic acids is 2. The number of aromatic nitrogens is 6. The van der Waals surface area contributed by atoms with Crippen LogP contribution in [0.15, 0.2) is 31.1 Å². The van der Waals surface area contributed by atoms with Gasteiger partial charge in [0.05, 0.1) is 41.9 Å². The summed E-state index contributed by atoms with van der Waals surface area (Å²) in [6.45, 7) is 4.59. The van der Waals surface area contributed by atoms with Crippen LogP contribution in [0.1, 0.15) is 59.3 Å². The van der Waals surface area contributed by atoms with Crippen molar-refractivity contribution in [1.82, 2.24) is 35.0 Å². The molecule has 4 rings (SSSR count). The third kappa shape index (κ3) is 4.71. The van der Waals surface area contributed by atoms with Gasteiger partial charge in [-0.15, -0.1) is 0 Å². The molecule has 1 saturated carbocycles. The molecule has 3 heterocycles. The number of rotatable bonds is 8. The minimum absolute atomic E-state index is 0.123. The number of carbonyl (C=O) groups is 2. The molecule has 11 heteroatoms. The summed E-state index contributed by atoms with van der Waals surface area (Å²) in [4.78, 5) is 42.7. The molecule has 3 aromatic rings. The van der Waals surface area contributed by atoms with E-state index in [2.05, 4.69) is 41.0 Å². The Hall–Kier alpha value is -3.89. The van der Waals surface area contributed by atoms with E-state index in [0.29, 0.717) is 23.8 Å². The topological polar surface area (TPSA) is 140 Å². The molecule has 2 amide bonds. The van der Waals surface area contributed by atoms with Crippen molar-refractivity contribution in [2.45, 2.75) is 39.2 Å². The predicted octanol–water partition coefficient (Wildman–Crippen LogP) is 2.35. The van der Waals surface area contributed by atoms with Crippen molar-refractivity contribution in [1.29, 1.82) is 0 Å². The van der Waals surface area contributed by atoms with Gasteiger partial charge in [-0.05, 0) is 18.8 Å². The van der Waals surface area contributed by atoms with Crippen molar-refractivity contribution >= 4 is 29.0 Å². The third-order valence-corrected chi connectivity index (χ3v) is 4.89. The lowest BCUT2D eigenvalue weighted by molar-refractivity contribution is 0.0952. The van der Waals surface area contributed by atoms with Crippen LogP contribution >= 0.6 is 0 Å². The van der Waals surface area contributed by atoms with Crippen LogP contribution in [0, 0.1) is 5.92 Å². The number of anilines is 3. The Morgan fingerprint density at radius 1 is 1.12 bits per heavy atom. The van der Waals surface area contributed by atoms with Crippen LogP contribution in [-0.2, 0) is 6.54 Å². The van der Waals surface area contributed by atoms with Gasteiger partial charge in [-0.3, -0.25) is 14.3 Å². The van der Waals surface area contributed by atoms with Crippen LogP contribution < -0.4 is 16.0 Å². The molecule has 3 aromatic heterocycles. The van der Waals surface area contributed by atoms with Gasteiger partial charge in [-0.25, -0.2) is 19.9 Å². The number of nitrogens with one attached hydrogen (secondary N) is 3. The van der Waals surface area contributed by atoms with Crippen LogP contribution in [0.5, 0.6) is 0 Å². The lowest BCUT2D eigenvalue weighted by atomic mass is 10.2. The average molecular weight is 435 g/mol. The number of nitrogens with zero attached hydrogens (tertiary/aromatic N) is 6. The highest BCUT2D eigenvalue weighted by Crippen LogP contribution is 2.39. The molecule has 0 saturated heterocycles. The molecule has 0 spiro atoms. The van der Waals surface area contributed by atoms with Gasteiger partial charge in [0.25, 0.3) is 11.8 Å². The van der Waals surface area contributed by atoms with Crippen LogP contribution in [-0.4, -0.2) is 48.6 Å². The van der Waals surface area contributed by atoms with Gasteiger partial charge in [0.1, 0.15) is 12.0 Å². The minimum atomic E-state index is -0.492. The molecule has 32 heavy (non-hydrogen) atoms. The molecule has 0 atom stereocenters. The van der Waals surface area contributed by atoms with Crippen LogP contribution in [0.3, 0.4) is 0 Å². The first-order valence-electron chi connectivity index (χ1n) is 10.4. The van der Waals surface area contributed by atoms with Crippen molar-refractivity contribution < 1.29 is 9.59 Å². The maximum atomic E-state index is 13.3. The van der Waals surface area contributed by atoms with Gasteiger partial charge < -0.3 is 16.0 Å². The maximum Gasteiger partial charge on any atom is 0.278 e. The largest absolute Gasteiger partial charge is 0.354 e. The van der Waals surface area contributed by atoms with Crippen molar-refractivity contribution in [3.05, 3.63) is 48.2 Å². The SMILES string of the molecule is CNC(=O)c1c(NC(=O)c2nc(C3CC3)cnc2Nc2cncnc2)cnn1CC(C)C. The molecule has 1 aliphatic rings. The summed E-state index contributed by atoms with van der Waals surface area (Å²) >= 11 is 0. The van der Waals surface area contributed by atoms with Crippen LogP contribution in [0.4, 0.5) is 17.2 Å². The Kier molecular flexibility index (Phi) is 6.06. The highest BCUT2D eigenvalue weighted by molar-refractivity contribution is 6.09. The molecule has 166 valence electrons. The van der Waals surface area contributed by atoms with Gasteiger partial charge in [-0.2, -0.15) is 5.10 Å². The molecule has 1 aliphatic carbocycles. The first-order valence-corrected chi connectivity index (χ1v) is 10.4. The lowest BCUT2D eigenvalue weighted by Crippen LogP contribution is -2.26. The van der Waals surface area contributed by atoms with E-state index in [9.17, 15) is 9.59 Å². The van der Waals surface area contributed by atoms with Gasteiger partial charge in [-0.1, -0.05) is 13.8 Å². The number of hydrogen-bond donors (Lipinski definition) is 3. The number of amides is 2. The quantitative estimate of drug-likeness (QED) is 0.490. The zero-order valence-electron chi connectivity index (χ0n) is 18.2. The fraction of sp³-hybridized carbons (Fsp3) is 0.381. The average Bonchev–Trinajstić information content (AvgIpc) is 3.56. The fourth-order valence-corrected chi connectivity index (χ4v) is 3.23. The monoisotopic (exact) mass is 435 g/mol. The molecular formula is C21H25N9O2. The summed E-state index contributed by atoms with van der Waals surface area (Å²) in [7, 11) is 1.54. The first-order chi connectivity index (χ1) is 15.5. The van der Waals surface area contributed by atoms with Crippen LogP contribution in [0.25, 0.3) is 0 Å². The first kappa shape index (κ1) is 21.3. The minimum Gasteiger partial charge on any atom is -0.354 e.